The van der Waals surface area contributed by atoms with Crippen molar-refractivity contribution < 1.29 is 0 Å². The number of hydrogen-bond acceptors (Lipinski definition) is 1. The van der Waals surface area contributed by atoms with Crippen LogP contribution < -0.4 is 0 Å². The van der Waals surface area contributed by atoms with Crippen LogP contribution in [0.15, 0.2) is 0 Å². The standard InChI is InChI=1S/C8H16N/c1-7(2)8(3)9-5-4-6-9/h4,7-8H,5-6H2,1-3H3. The molecule has 1 aliphatic heterocycles. The molecule has 0 spiro atoms. The molecule has 1 radical (unpaired) electrons. The van der Waals surface area contributed by atoms with Crippen molar-refractivity contribution in [1.82, 2.24) is 4.90 Å². The van der Waals surface area contributed by atoms with Crippen LogP contribution in [0.5, 0.6) is 0 Å². The maximum atomic E-state index is 2.49. The van der Waals surface area contributed by atoms with Gasteiger partial charge in [-0.15, -0.1) is 0 Å². The zero-order chi connectivity index (χ0) is 6.85. The molecule has 0 saturated carbocycles. The van der Waals surface area contributed by atoms with Gasteiger partial charge in [0.15, 0.2) is 0 Å². The Morgan fingerprint density at radius 1 is 1.22 bits per heavy atom. The first-order chi connectivity index (χ1) is 4.22. The van der Waals surface area contributed by atoms with E-state index in [1.54, 1.807) is 0 Å². The third-order valence-electron chi connectivity index (χ3n) is 2.27. The summed E-state index contributed by atoms with van der Waals surface area (Å²) in [5.74, 6) is 0.804. The average Bonchev–Trinajstić information content (AvgIpc) is 1.60. The van der Waals surface area contributed by atoms with Crippen LogP contribution in [-0.2, 0) is 0 Å². The fraction of sp³-hybridized carbons (Fsp3) is 0.875. The summed E-state index contributed by atoms with van der Waals surface area (Å²) >= 11 is 0. The molecule has 0 aliphatic carbocycles. The predicted octanol–water partition coefficient (Wildman–Crippen LogP) is 1.55. The monoisotopic (exact) mass is 126 g/mol. The normalized spacial score (nSPS) is 24.0. The molecule has 0 amide bonds. The van der Waals surface area contributed by atoms with E-state index < -0.39 is 0 Å². The summed E-state index contributed by atoms with van der Waals surface area (Å²) in [7, 11) is 0. The molecule has 1 atom stereocenters. The van der Waals surface area contributed by atoms with Gasteiger partial charge in [0.25, 0.3) is 0 Å². The first-order valence-corrected chi connectivity index (χ1v) is 3.77. The van der Waals surface area contributed by atoms with Crippen LogP contribution >= 0.6 is 0 Å². The number of likely N-dealkylation sites (tertiary alicyclic amines) is 1. The molecule has 9 heavy (non-hydrogen) atoms. The molecular weight excluding hydrogens is 110 g/mol. The van der Waals surface area contributed by atoms with Gasteiger partial charge in [-0.3, -0.25) is 4.90 Å². The van der Waals surface area contributed by atoms with E-state index in [0.717, 1.165) is 12.0 Å². The van der Waals surface area contributed by atoms with Gasteiger partial charge in [-0.05, 0) is 19.3 Å². The van der Waals surface area contributed by atoms with Crippen molar-refractivity contribution in [3.63, 3.8) is 0 Å². The Balaban J connectivity index is 2.23. The third kappa shape index (κ3) is 1.45. The largest absolute Gasteiger partial charge is 0.300 e. The second-order valence-electron chi connectivity index (χ2n) is 3.23. The summed E-state index contributed by atoms with van der Waals surface area (Å²) in [6.45, 7) is 9.28. The third-order valence-corrected chi connectivity index (χ3v) is 2.27. The van der Waals surface area contributed by atoms with Gasteiger partial charge in [0.1, 0.15) is 0 Å². The van der Waals surface area contributed by atoms with Gasteiger partial charge >= 0.3 is 0 Å². The molecule has 0 bridgehead atoms. The molecule has 53 valence electrons. The average molecular weight is 126 g/mol. The van der Waals surface area contributed by atoms with E-state index >= 15 is 0 Å². The van der Waals surface area contributed by atoms with E-state index in [9.17, 15) is 0 Å². The van der Waals surface area contributed by atoms with Gasteiger partial charge in [-0.1, -0.05) is 13.8 Å². The topological polar surface area (TPSA) is 3.24 Å². The first-order valence-electron chi connectivity index (χ1n) is 3.77. The van der Waals surface area contributed by atoms with Gasteiger partial charge < -0.3 is 0 Å². The molecule has 0 N–H and O–H groups in total. The zero-order valence-corrected chi connectivity index (χ0v) is 6.59. The van der Waals surface area contributed by atoms with Crippen molar-refractivity contribution in [2.75, 3.05) is 13.1 Å². The summed E-state index contributed by atoms with van der Waals surface area (Å²) < 4.78 is 0. The van der Waals surface area contributed by atoms with Gasteiger partial charge in [0, 0.05) is 19.1 Å². The van der Waals surface area contributed by atoms with Gasteiger partial charge in [-0.25, -0.2) is 0 Å². The lowest BCUT2D eigenvalue weighted by Gasteiger charge is -2.38. The Labute approximate surface area is 58.0 Å². The Morgan fingerprint density at radius 3 is 1.89 bits per heavy atom. The predicted molar refractivity (Wildman–Crippen MR) is 40.2 cm³/mol. The van der Waals surface area contributed by atoms with E-state index in [1.807, 2.05) is 0 Å². The van der Waals surface area contributed by atoms with Crippen LogP contribution in [-0.4, -0.2) is 24.0 Å². The Hall–Kier alpha value is -0.0400. The molecule has 1 saturated heterocycles. The van der Waals surface area contributed by atoms with E-state index in [1.165, 1.54) is 13.1 Å². The summed E-state index contributed by atoms with van der Waals surface area (Å²) in [5, 5.41) is 0. The van der Waals surface area contributed by atoms with Crippen molar-refractivity contribution in [2.45, 2.75) is 26.8 Å². The zero-order valence-electron chi connectivity index (χ0n) is 6.59. The van der Waals surface area contributed by atoms with Crippen LogP contribution in [0.4, 0.5) is 0 Å². The Bertz CT molecular complexity index is 84.6. The van der Waals surface area contributed by atoms with E-state index in [-0.39, 0.29) is 0 Å². The second kappa shape index (κ2) is 2.70. The van der Waals surface area contributed by atoms with E-state index in [0.29, 0.717) is 0 Å². The van der Waals surface area contributed by atoms with Gasteiger partial charge in [-0.2, -0.15) is 0 Å². The number of hydrogen-bond donors (Lipinski definition) is 0. The van der Waals surface area contributed by atoms with Crippen LogP contribution in [0.3, 0.4) is 0 Å². The maximum Gasteiger partial charge on any atom is 0.00901 e. The summed E-state index contributed by atoms with van der Waals surface area (Å²) in [6.07, 6.45) is 2.32. The minimum absolute atomic E-state index is 0.773. The van der Waals surface area contributed by atoms with Gasteiger partial charge in [0.2, 0.25) is 0 Å². The molecule has 1 heterocycles. The van der Waals surface area contributed by atoms with Crippen LogP contribution in [0.2, 0.25) is 0 Å². The van der Waals surface area contributed by atoms with E-state index in [4.69, 9.17) is 0 Å². The van der Waals surface area contributed by atoms with Crippen molar-refractivity contribution >= 4 is 0 Å². The number of rotatable bonds is 2. The lowest BCUT2D eigenvalue weighted by atomic mass is 10.0. The number of nitrogens with zero attached hydrogens (tertiary/aromatic N) is 1. The second-order valence-corrected chi connectivity index (χ2v) is 3.23. The highest BCUT2D eigenvalue weighted by atomic mass is 15.2. The van der Waals surface area contributed by atoms with Crippen molar-refractivity contribution in [2.24, 2.45) is 5.92 Å². The maximum absolute atomic E-state index is 2.49. The van der Waals surface area contributed by atoms with Crippen LogP contribution in [0.1, 0.15) is 20.8 Å². The van der Waals surface area contributed by atoms with Crippen molar-refractivity contribution in [3.05, 3.63) is 6.42 Å². The molecule has 0 aromatic heterocycles. The summed E-state index contributed by atoms with van der Waals surface area (Å²) in [6, 6.07) is 0.773. The highest BCUT2D eigenvalue weighted by Gasteiger charge is 2.21. The molecule has 0 aromatic carbocycles. The summed E-state index contributed by atoms with van der Waals surface area (Å²) in [5.41, 5.74) is 0. The SMILES string of the molecule is CC(C)C(C)N1C[CH]C1. The molecule has 1 unspecified atom stereocenters. The molecular formula is C8H16N. The van der Waals surface area contributed by atoms with Crippen molar-refractivity contribution in [1.29, 1.82) is 0 Å². The molecule has 1 fully saturated rings. The van der Waals surface area contributed by atoms with Crippen LogP contribution in [0.25, 0.3) is 0 Å². The molecule has 1 aliphatic rings. The minimum Gasteiger partial charge on any atom is -0.300 e. The fourth-order valence-corrected chi connectivity index (χ4v) is 1.03. The smallest absolute Gasteiger partial charge is 0.00901 e. The first kappa shape index (κ1) is 7.07. The Morgan fingerprint density at radius 2 is 1.78 bits per heavy atom. The van der Waals surface area contributed by atoms with Crippen molar-refractivity contribution in [3.8, 4) is 0 Å². The molecule has 1 rings (SSSR count). The molecule has 1 heteroatoms. The summed E-state index contributed by atoms with van der Waals surface area (Å²) in [4.78, 5) is 2.49. The molecule has 0 aromatic rings. The van der Waals surface area contributed by atoms with Gasteiger partial charge in [0.05, 0.1) is 0 Å². The van der Waals surface area contributed by atoms with E-state index in [2.05, 4.69) is 32.1 Å². The van der Waals surface area contributed by atoms with Crippen LogP contribution in [0, 0.1) is 12.3 Å². The molecule has 1 nitrogen and oxygen atoms in total. The highest BCUT2D eigenvalue weighted by molar-refractivity contribution is 4.90. The quantitative estimate of drug-likeness (QED) is 0.542. The lowest BCUT2D eigenvalue weighted by Crippen LogP contribution is -2.46. The Kier molecular flexibility index (Phi) is 2.12. The minimum atomic E-state index is 0.773. The lowest BCUT2D eigenvalue weighted by molar-refractivity contribution is 0.144. The fourth-order valence-electron chi connectivity index (χ4n) is 1.03. The highest BCUT2D eigenvalue weighted by Crippen LogP contribution is 2.15.